The third-order valence-corrected chi connectivity index (χ3v) is 4.88. The fourth-order valence-electron chi connectivity index (χ4n) is 2.80. The number of hydrogen-bond acceptors (Lipinski definition) is 4. The van der Waals surface area contributed by atoms with Crippen LogP contribution in [0.5, 0.6) is 0 Å². The van der Waals surface area contributed by atoms with Crippen LogP contribution in [0.4, 0.5) is 16.2 Å². The Labute approximate surface area is 160 Å². The van der Waals surface area contributed by atoms with Crippen LogP contribution in [-0.4, -0.2) is 26.7 Å². The van der Waals surface area contributed by atoms with Crippen molar-refractivity contribution in [2.24, 2.45) is 0 Å². The molecule has 134 valence electrons. The van der Waals surface area contributed by atoms with Gasteiger partial charge in [-0.15, -0.1) is 11.8 Å². The van der Waals surface area contributed by atoms with E-state index in [-0.39, 0.29) is 6.03 Å². The van der Waals surface area contributed by atoms with Gasteiger partial charge in [-0.25, -0.2) is 9.78 Å². The first-order valence-electron chi connectivity index (χ1n) is 8.34. The van der Waals surface area contributed by atoms with Crippen LogP contribution in [0, 0.1) is 0 Å². The van der Waals surface area contributed by atoms with Gasteiger partial charge in [0.1, 0.15) is 0 Å². The monoisotopic (exact) mass is 375 g/mol. The molecule has 2 N–H and O–H groups in total. The van der Waals surface area contributed by atoms with E-state index in [9.17, 15) is 4.79 Å². The van der Waals surface area contributed by atoms with Gasteiger partial charge in [-0.2, -0.15) is 0 Å². The lowest BCUT2D eigenvalue weighted by Crippen LogP contribution is -2.20. The van der Waals surface area contributed by atoms with Crippen molar-refractivity contribution in [3.8, 4) is 11.3 Å². The molecule has 4 rings (SSSR count). The molecule has 7 heteroatoms. The van der Waals surface area contributed by atoms with Crippen LogP contribution >= 0.6 is 11.8 Å². The topological polar surface area (TPSA) is 71.3 Å². The molecular weight excluding hydrogens is 358 g/mol. The van der Waals surface area contributed by atoms with Gasteiger partial charge in [0, 0.05) is 29.0 Å². The maximum atomic E-state index is 12.5. The SMILES string of the molecule is CSc1ccccc1NC(=O)Nc1ccccc1-c1cn2ccnc2cn1. The molecule has 0 unspecified atom stereocenters. The summed E-state index contributed by atoms with van der Waals surface area (Å²) in [6.45, 7) is 0. The van der Waals surface area contributed by atoms with Gasteiger partial charge in [-0.05, 0) is 24.5 Å². The number of rotatable bonds is 4. The van der Waals surface area contributed by atoms with Gasteiger partial charge < -0.3 is 15.0 Å². The number of amides is 2. The van der Waals surface area contributed by atoms with Crippen LogP contribution in [0.15, 0.2) is 78.2 Å². The van der Waals surface area contributed by atoms with E-state index in [1.807, 2.05) is 71.6 Å². The quantitative estimate of drug-likeness (QED) is 0.504. The molecule has 2 aromatic carbocycles. The Morgan fingerprint density at radius 3 is 2.59 bits per heavy atom. The Bertz CT molecular complexity index is 1110. The van der Waals surface area contributed by atoms with Gasteiger partial charge in [0.15, 0.2) is 5.65 Å². The number of aromatic nitrogens is 3. The lowest BCUT2D eigenvalue weighted by molar-refractivity contribution is 0.262. The number of benzene rings is 2. The molecule has 0 aliphatic rings. The molecule has 2 aromatic heterocycles. The van der Waals surface area contributed by atoms with E-state index >= 15 is 0 Å². The zero-order valence-corrected chi connectivity index (χ0v) is 15.4. The maximum Gasteiger partial charge on any atom is 0.323 e. The first-order chi connectivity index (χ1) is 13.2. The van der Waals surface area contributed by atoms with Gasteiger partial charge in [-0.3, -0.25) is 4.98 Å². The van der Waals surface area contributed by atoms with Crippen LogP contribution < -0.4 is 10.6 Å². The van der Waals surface area contributed by atoms with E-state index in [4.69, 9.17) is 0 Å². The molecule has 4 aromatic rings. The van der Waals surface area contributed by atoms with Crippen LogP contribution in [0.25, 0.3) is 16.9 Å². The van der Waals surface area contributed by atoms with Crippen LogP contribution in [0.3, 0.4) is 0 Å². The Morgan fingerprint density at radius 1 is 1.00 bits per heavy atom. The second-order valence-electron chi connectivity index (χ2n) is 5.79. The molecule has 0 bridgehead atoms. The second kappa shape index (κ2) is 7.51. The molecule has 2 heterocycles. The van der Waals surface area contributed by atoms with Crippen molar-refractivity contribution in [3.63, 3.8) is 0 Å². The molecule has 6 nitrogen and oxygen atoms in total. The summed E-state index contributed by atoms with van der Waals surface area (Å²) in [7, 11) is 0. The number of carbonyl (C=O) groups excluding carboxylic acids is 1. The minimum absolute atomic E-state index is 0.298. The van der Waals surface area contributed by atoms with E-state index in [1.54, 1.807) is 24.2 Å². The molecule has 0 fully saturated rings. The average Bonchev–Trinajstić information content (AvgIpc) is 3.16. The summed E-state index contributed by atoms with van der Waals surface area (Å²) in [4.78, 5) is 22.2. The van der Waals surface area contributed by atoms with E-state index in [1.165, 1.54) is 0 Å². The minimum atomic E-state index is -0.298. The van der Waals surface area contributed by atoms with E-state index in [0.717, 1.165) is 27.5 Å². The van der Waals surface area contributed by atoms with Gasteiger partial charge in [0.05, 0.1) is 23.3 Å². The van der Waals surface area contributed by atoms with Crippen molar-refractivity contribution in [1.29, 1.82) is 0 Å². The van der Waals surface area contributed by atoms with Crippen molar-refractivity contribution in [2.45, 2.75) is 4.90 Å². The van der Waals surface area contributed by atoms with Crippen LogP contribution in [-0.2, 0) is 0 Å². The molecule has 0 aliphatic carbocycles. The zero-order chi connectivity index (χ0) is 18.6. The predicted octanol–water partition coefficient (Wildman–Crippen LogP) is 4.76. The summed E-state index contributed by atoms with van der Waals surface area (Å²) in [6.07, 6.45) is 9.17. The van der Waals surface area contributed by atoms with Gasteiger partial charge >= 0.3 is 6.03 Å². The highest BCUT2D eigenvalue weighted by Crippen LogP contribution is 2.28. The highest BCUT2D eigenvalue weighted by molar-refractivity contribution is 7.98. The van der Waals surface area contributed by atoms with Crippen molar-refractivity contribution in [2.75, 3.05) is 16.9 Å². The first-order valence-corrected chi connectivity index (χ1v) is 9.56. The number of para-hydroxylation sites is 2. The zero-order valence-electron chi connectivity index (χ0n) is 14.6. The summed E-state index contributed by atoms with van der Waals surface area (Å²) in [6, 6.07) is 15.0. The maximum absolute atomic E-state index is 12.5. The number of nitrogens with zero attached hydrogens (tertiary/aromatic N) is 3. The number of urea groups is 1. The van der Waals surface area contributed by atoms with Gasteiger partial charge in [-0.1, -0.05) is 30.3 Å². The molecule has 0 atom stereocenters. The van der Waals surface area contributed by atoms with Gasteiger partial charge in [0.25, 0.3) is 0 Å². The molecule has 0 saturated heterocycles. The van der Waals surface area contributed by atoms with Crippen molar-refractivity contribution >= 4 is 34.8 Å². The highest BCUT2D eigenvalue weighted by atomic mass is 32.2. The number of imidazole rings is 1. The summed E-state index contributed by atoms with van der Waals surface area (Å²) >= 11 is 1.58. The first kappa shape index (κ1) is 17.1. The van der Waals surface area contributed by atoms with Crippen molar-refractivity contribution < 1.29 is 4.79 Å². The normalized spacial score (nSPS) is 10.7. The van der Waals surface area contributed by atoms with Crippen LogP contribution in [0.2, 0.25) is 0 Å². The summed E-state index contributed by atoms with van der Waals surface area (Å²) in [5.74, 6) is 0. The fourth-order valence-corrected chi connectivity index (χ4v) is 3.36. The molecule has 0 radical (unpaired) electrons. The minimum Gasteiger partial charge on any atom is -0.307 e. The average molecular weight is 375 g/mol. The summed E-state index contributed by atoms with van der Waals surface area (Å²) in [5, 5.41) is 5.83. The number of nitrogens with one attached hydrogen (secondary N) is 2. The number of carbonyl (C=O) groups is 1. The second-order valence-corrected chi connectivity index (χ2v) is 6.64. The molecule has 0 saturated carbocycles. The van der Waals surface area contributed by atoms with Crippen molar-refractivity contribution in [3.05, 3.63) is 73.3 Å². The lowest BCUT2D eigenvalue weighted by Gasteiger charge is -2.13. The fraction of sp³-hybridized carbons (Fsp3) is 0.0500. The van der Waals surface area contributed by atoms with Gasteiger partial charge in [0.2, 0.25) is 0 Å². The Kier molecular flexibility index (Phi) is 4.76. The summed E-state index contributed by atoms with van der Waals surface area (Å²) < 4.78 is 1.90. The molecule has 0 aliphatic heterocycles. The third-order valence-electron chi connectivity index (χ3n) is 4.09. The molecule has 27 heavy (non-hydrogen) atoms. The van der Waals surface area contributed by atoms with E-state index < -0.39 is 0 Å². The number of hydrogen-bond donors (Lipinski definition) is 2. The Balaban J connectivity index is 1.60. The molecule has 0 spiro atoms. The molecule has 2 amide bonds. The van der Waals surface area contributed by atoms with Crippen molar-refractivity contribution in [1.82, 2.24) is 14.4 Å². The van der Waals surface area contributed by atoms with E-state index in [0.29, 0.717) is 5.69 Å². The number of fused-ring (bicyclic) bond motifs is 1. The molecular formula is C20H17N5OS. The number of thioether (sulfide) groups is 1. The number of anilines is 2. The van der Waals surface area contributed by atoms with Crippen LogP contribution in [0.1, 0.15) is 0 Å². The largest absolute Gasteiger partial charge is 0.323 e. The lowest BCUT2D eigenvalue weighted by atomic mass is 10.1. The summed E-state index contributed by atoms with van der Waals surface area (Å²) in [5.41, 5.74) is 3.82. The smallest absolute Gasteiger partial charge is 0.307 e. The standard InChI is InChI=1S/C20H17N5OS/c1-27-18-9-5-4-8-16(18)24-20(26)23-15-7-3-2-6-14(15)17-13-25-11-10-21-19(25)12-22-17/h2-13H,1H3,(H2,23,24,26). The Hall–Kier alpha value is -3.32. The highest BCUT2D eigenvalue weighted by Gasteiger charge is 2.11. The predicted molar refractivity (Wildman–Crippen MR) is 109 cm³/mol. The van der Waals surface area contributed by atoms with E-state index in [2.05, 4.69) is 20.6 Å². The third kappa shape index (κ3) is 3.63. The Morgan fingerprint density at radius 2 is 1.74 bits per heavy atom.